The van der Waals surface area contributed by atoms with Crippen LogP contribution in [0.4, 0.5) is 0 Å². The van der Waals surface area contributed by atoms with Gasteiger partial charge in [-0.2, -0.15) is 10.3 Å². The van der Waals surface area contributed by atoms with E-state index < -0.39 is 5.91 Å². The molecule has 0 aliphatic rings. The van der Waals surface area contributed by atoms with E-state index in [2.05, 4.69) is 11.1 Å². The number of aromatic nitrogens is 1. The molecule has 0 spiro atoms. The molecule has 0 aliphatic heterocycles. The van der Waals surface area contributed by atoms with Gasteiger partial charge in [-0.1, -0.05) is 12.1 Å². The largest absolute Gasteiger partial charge is 0.457 e. The number of nitrogens with zero attached hydrogens (tertiary/aromatic N) is 3. The Morgan fingerprint density at radius 1 is 0.889 bits per heavy atom. The van der Waals surface area contributed by atoms with Crippen LogP contribution in [0.5, 0.6) is 11.5 Å². The smallest absolute Gasteiger partial charge is 0.268 e. The summed E-state index contributed by atoms with van der Waals surface area (Å²) in [5, 5.41) is 9.29. The maximum atomic E-state index is 12.5. The van der Waals surface area contributed by atoms with Crippen molar-refractivity contribution >= 4 is 17.6 Å². The highest BCUT2D eigenvalue weighted by Gasteiger charge is 2.15. The van der Waals surface area contributed by atoms with Crippen molar-refractivity contribution in [2.24, 2.45) is 16.5 Å². The van der Waals surface area contributed by atoms with Gasteiger partial charge < -0.3 is 20.8 Å². The lowest BCUT2D eigenvalue weighted by molar-refractivity contribution is -0.118. The van der Waals surface area contributed by atoms with Crippen LogP contribution < -0.4 is 16.2 Å². The molecule has 8 nitrogen and oxygen atoms in total. The van der Waals surface area contributed by atoms with Crippen molar-refractivity contribution < 1.29 is 14.3 Å². The molecular weight excluding hydrogens is 454 g/mol. The van der Waals surface area contributed by atoms with Crippen LogP contribution in [0.15, 0.2) is 89.9 Å². The average molecular weight is 478 g/mol. The molecule has 0 bridgehead atoms. The second kappa shape index (κ2) is 10.4. The van der Waals surface area contributed by atoms with Crippen LogP contribution in [-0.4, -0.2) is 22.2 Å². The van der Waals surface area contributed by atoms with E-state index in [0.717, 1.165) is 22.5 Å². The van der Waals surface area contributed by atoms with E-state index in [1.54, 1.807) is 42.5 Å². The molecule has 4 aromatic rings. The fraction of sp³-hybridized carbons (Fsp3) is 0.0714. The molecule has 178 valence electrons. The summed E-state index contributed by atoms with van der Waals surface area (Å²) >= 11 is 0. The normalized spacial score (nSPS) is 10.3. The molecule has 4 rings (SSSR count). The highest BCUT2D eigenvalue weighted by molar-refractivity contribution is 5.94. The standard InChI is InChI=1S/C28H23N5O3/c1-18(34)20-5-9-23(10-6-20)36-24-11-7-21(8-12-24)25-13-14-26(22-4-2-3-19(15-22)16-29)33(25)17-27(35)32-28(30)31/h2-15H,17H2,1H3,(H4,30,31,32,35). The number of amides is 1. The topological polar surface area (TPSA) is 136 Å². The van der Waals surface area contributed by atoms with Gasteiger partial charge in [-0.25, -0.2) is 0 Å². The number of carbonyl (C=O) groups excluding carboxylic acids is 2. The lowest BCUT2D eigenvalue weighted by atomic mass is 10.1. The van der Waals surface area contributed by atoms with Crippen LogP contribution in [0.1, 0.15) is 22.8 Å². The zero-order chi connectivity index (χ0) is 25.7. The minimum Gasteiger partial charge on any atom is -0.457 e. The van der Waals surface area contributed by atoms with E-state index in [0.29, 0.717) is 22.6 Å². The SMILES string of the molecule is CC(=O)c1ccc(Oc2ccc(-c3ccc(-c4cccc(C#N)c4)n3CC(=O)N=C(N)N)cc2)cc1. The van der Waals surface area contributed by atoms with Crippen LogP contribution in [0.3, 0.4) is 0 Å². The van der Waals surface area contributed by atoms with Gasteiger partial charge in [-0.15, -0.1) is 0 Å². The fourth-order valence-electron chi connectivity index (χ4n) is 3.79. The third kappa shape index (κ3) is 5.48. The highest BCUT2D eigenvalue weighted by atomic mass is 16.5. The molecule has 0 saturated heterocycles. The summed E-state index contributed by atoms with van der Waals surface area (Å²) in [4.78, 5) is 27.6. The van der Waals surface area contributed by atoms with Gasteiger partial charge in [0.05, 0.1) is 11.6 Å². The van der Waals surface area contributed by atoms with Crippen LogP contribution >= 0.6 is 0 Å². The van der Waals surface area contributed by atoms with Crippen molar-refractivity contribution in [1.82, 2.24) is 4.57 Å². The number of Topliss-reactive ketones (excluding diaryl/α,β-unsaturated/α-hetero) is 1. The van der Waals surface area contributed by atoms with Gasteiger partial charge in [0.25, 0.3) is 5.91 Å². The molecule has 1 heterocycles. The predicted molar refractivity (Wildman–Crippen MR) is 137 cm³/mol. The molecule has 8 heteroatoms. The number of benzene rings is 3. The number of ketones is 1. The quantitative estimate of drug-likeness (QED) is 0.229. The van der Waals surface area contributed by atoms with Gasteiger partial charge in [0.1, 0.15) is 18.0 Å². The Bertz CT molecular complexity index is 1490. The molecule has 0 radical (unpaired) electrons. The molecule has 36 heavy (non-hydrogen) atoms. The number of nitriles is 1. The Hall–Kier alpha value is -5.16. The predicted octanol–water partition coefficient (Wildman–Crippen LogP) is 4.49. The van der Waals surface area contributed by atoms with Gasteiger partial charge in [0.15, 0.2) is 11.7 Å². The summed E-state index contributed by atoms with van der Waals surface area (Å²) in [5.74, 6) is 0.411. The van der Waals surface area contributed by atoms with Gasteiger partial charge in [0, 0.05) is 17.0 Å². The second-order valence-electron chi connectivity index (χ2n) is 8.02. The lowest BCUT2D eigenvalue weighted by Crippen LogP contribution is -2.25. The van der Waals surface area contributed by atoms with Crippen LogP contribution in [0.2, 0.25) is 0 Å². The first-order valence-corrected chi connectivity index (χ1v) is 11.1. The zero-order valence-electron chi connectivity index (χ0n) is 19.5. The maximum absolute atomic E-state index is 12.5. The summed E-state index contributed by atoms with van der Waals surface area (Å²) < 4.78 is 7.70. The molecule has 3 aromatic carbocycles. The lowest BCUT2D eigenvalue weighted by Gasteiger charge is -2.13. The first-order chi connectivity index (χ1) is 17.3. The van der Waals surface area contributed by atoms with Gasteiger partial charge >= 0.3 is 0 Å². The minimum absolute atomic E-state index is 0.00838. The Kier molecular flexibility index (Phi) is 6.93. The number of guanidine groups is 1. The van der Waals surface area contributed by atoms with Gasteiger partial charge in [-0.3, -0.25) is 9.59 Å². The summed E-state index contributed by atoms with van der Waals surface area (Å²) in [6.45, 7) is 1.42. The second-order valence-corrected chi connectivity index (χ2v) is 8.02. The fourth-order valence-corrected chi connectivity index (χ4v) is 3.79. The minimum atomic E-state index is -0.501. The summed E-state index contributed by atoms with van der Waals surface area (Å²) in [6, 6.07) is 27.4. The van der Waals surface area contributed by atoms with Crippen LogP contribution in [0, 0.1) is 11.3 Å². The van der Waals surface area contributed by atoms with Crippen LogP contribution in [-0.2, 0) is 11.3 Å². The number of hydrogen-bond donors (Lipinski definition) is 2. The Labute approximate surface area is 208 Å². The average Bonchev–Trinajstić information content (AvgIpc) is 3.27. The van der Waals surface area contributed by atoms with Gasteiger partial charge in [-0.05, 0) is 90.8 Å². The van der Waals surface area contributed by atoms with E-state index >= 15 is 0 Å². The first kappa shape index (κ1) is 24.0. The number of ether oxygens (including phenoxy) is 1. The zero-order valence-corrected chi connectivity index (χ0v) is 19.5. The van der Waals surface area contributed by atoms with E-state index in [1.165, 1.54) is 6.92 Å². The molecule has 1 amide bonds. The third-order valence-corrected chi connectivity index (χ3v) is 5.46. The van der Waals surface area contributed by atoms with Crippen molar-refractivity contribution in [1.29, 1.82) is 5.26 Å². The number of aliphatic imine (C=N–C) groups is 1. The summed E-state index contributed by atoms with van der Waals surface area (Å²) in [7, 11) is 0. The monoisotopic (exact) mass is 477 g/mol. The first-order valence-electron chi connectivity index (χ1n) is 11.1. The molecule has 4 N–H and O–H groups in total. The van der Waals surface area contributed by atoms with E-state index in [1.807, 2.05) is 47.0 Å². The molecule has 1 aromatic heterocycles. The molecular formula is C28H23N5O3. The molecule has 0 unspecified atom stereocenters. The van der Waals surface area contributed by atoms with Crippen molar-refractivity contribution in [3.05, 3.63) is 96.1 Å². The van der Waals surface area contributed by atoms with E-state index in [4.69, 9.17) is 16.2 Å². The Morgan fingerprint density at radius 3 is 2.08 bits per heavy atom. The highest BCUT2D eigenvalue weighted by Crippen LogP contribution is 2.31. The summed E-state index contributed by atoms with van der Waals surface area (Å²) in [6.07, 6.45) is 0. The van der Waals surface area contributed by atoms with E-state index in [9.17, 15) is 14.9 Å². The molecule has 0 aliphatic carbocycles. The maximum Gasteiger partial charge on any atom is 0.268 e. The molecule has 0 atom stereocenters. The summed E-state index contributed by atoms with van der Waals surface area (Å²) in [5.41, 5.74) is 15.0. The van der Waals surface area contributed by atoms with Crippen molar-refractivity contribution in [3.63, 3.8) is 0 Å². The number of rotatable bonds is 7. The number of hydrogen-bond acceptors (Lipinski definition) is 4. The molecule has 0 fully saturated rings. The molecule has 0 saturated carbocycles. The van der Waals surface area contributed by atoms with Crippen molar-refractivity contribution in [2.45, 2.75) is 13.5 Å². The number of carbonyl (C=O) groups is 2. The van der Waals surface area contributed by atoms with Crippen LogP contribution in [0.25, 0.3) is 22.5 Å². The number of nitrogens with two attached hydrogens (primary N) is 2. The Balaban J connectivity index is 1.66. The van der Waals surface area contributed by atoms with E-state index in [-0.39, 0.29) is 18.3 Å². The van der Waals surface area contributed by atoms with Gasteiger partial charge in [0.2, 0.25) is 0 Å². The van der Waals surface area contributed by atoms with Crippen molar-refractivity contribution in [3.8, 4) is 40.1 Å². The third-order valence-electron chi connectivity index (χ3n) is 5.46. The van der Waals surface area contributed by atoms with Crippen molar-refractivity contribution in [2.75, 3.05) is 0 Å². The Morgan fingerprint density at radius 2 is 1.50 bits per heavy atom.